The van der Waals surface area contributed by atoms with Crippen LogP contribution >= 0.6 is 0 Å². The van der Waals surface area contributed by atoms with E-state index in [9.17, 15) is 9.59 Å². The molecule has 0 spiro atoms. The van der Waals surface area contributed by atoms with Gasteiger partial charge in [0.2, 0.25) is 5.91 Å². The minimum Gasteiger partial charge on any atom is -0.481 e. The van der Waals surface area contributed by atoms with Crippen LogP contribution in [0.1, 0.15) is 71.1 Å². The molecule has 1 heterocycles. The first-order valence-corrected chi connectivity index (χ1v) is 8.15. The van der Waals surface area contributed by atoms with Crippen LogP contribution in [0.3, 0.4) is 0 Å². The number of hydrogen-bond donors (Lipinski definition) is 1. The van der Waals surface area contributed by atoms with Gasteiger partial charge in [0.05, 0.1) is 5.92 Å². The number of carboxylic acid groups (broad SMARTS) is 1. The Bertz CT molecular complexity index is 304. The fourth-order valence-corrected chi connectivity index (χ4v) is 2.77. The summed E-state index contributed by atoms with van der Waals surface area (Å²) in [6.07, 6.45) is 10.8. The van der Waals surface area contributed by atoms with Crippen molar-refractivity contribution in [1.82, 2.24) is 4.90 Å². The molecule has 1 rings (SSSR count). The lowest BCUT2D eigenvalue weighted by Gasteiger charge is -2.30. The molecule has 116 valence electrons. The Balaban J connectivity index is 2.08. The van der Waals surface area contributed by atoms with Crippen molar-refractivity contribution < 1.29 is 14.7 Å². The molecule has 1 saturated heterocycles. The highest BCUT2D eigenvalue weighted by atomic mass is 16.4. The van der Waals surface area contributed by atoms with E-state index in [1.54, 1.807) is 4.90 Å². The molecular formula is C16H29NO3. The molecule has 0 radical (unpaired) electrons. The topological polar surface area (TPSA) is 57.6 Å². The molecule has 0 aromatic carbocycles. The van der Waals surface area contributed by atoms with Crippen LogP contribution in [0.2, 0.25) is 0 Å². The molecule has 1 fully saturated rings. The Hall–Kier alpha value is -1.06. The molecule has 0 aliphatic carbocycles. The van der Waals surface area contributed by atoms with Crippen LogP contribution in [0, 0.1) is 5.92 Å². The minimum absolute atomic E-state index is 0.130. The molecule has 4 heteroatoms. The summed E-state index contributed by atoms with van der Waals surface area (Å²) in [5.74, 6) is -0.995. The van der Waals surface area contributed by atoms with Gasteiger partial charge in [-0.15, -0.1) is 0 Å². The Morgan fingerprint density at radius 3 is 2.35 bits per heavy atom. The average molecular weight is 283 g/mol. The summed E-state index contributed by atoms with van der Waals surface area (Å²) in [5, 5.41) is 9.02. The molecule has 0 aromatic heterocycles. The van der Waals surface area contributed by atoms with E-state index >= 15 is 0 Å². The Morgan fingerprint density at radius 2 is 1.75 bits per heavy atom. The average Bonchev–Trinajstić information content (AvgIpc) is 2.43. The van der Waals surface area contributed by atoms with Crippen LogP contribution in [0.15, 0.2) is 0 Å². The molecule has 1 amide bonds. The standard InChI is InChI=1S/C16H29NO3/c1-2-3-4-5-6-7-8-9-12-17-13-14(16(19)20)10-11-15(17)18/h14H,2-13H2,1H3,(H,19,20). The third-order valence-corrected chi connectivity index (χ3v) is 4.13. The van der Waals surface area contributed by atoms with Crippen LogP contribution in [-0.2, 0) is 9.59 Å². The van der Waals surface area contributed by atoms with Crippen molar-refractivity contribution in [2.24, 2.45) is 5.92 Å². The second-order valence-corrected chi connectivity index (χ2v) is 5.89. The van der Waals surface area contributed by atoms with Gasteiger partial charge in [-0.05, 0) is 12.8 Å². The molecule has 1 atom stereocenters. The smallest absolute Gasteiger partial charge is 0.308 e. The van der Waals surface area contributed by atoms with Gasteiger partial charge in [0.25, 0.3) is 0 Å². The number of rotatable bonds is 10. The Labute approximate surface area is 122 Å². The molecule has 0 aromatic rings. The van der Waals surface area contributed by atoms with Crippen LogP contribution < -0.4 is 0 Å². The van der Waals surface area contributed by atoms with Crippen molar-refractivity contribution in [3.05, 3.63) is 0 Å². The van der Waals surface area contributed by atoms with Gasteiger partial charge >= 0.3 is 5.97 Å². The van der Waals surface area contributed by atoms with Crippen LogP contribution in [0.25, 0.3) is 0 Å². The minimum atomic E-state index is -0.765. The highest BCUT2D eigenvalue weighted by Gasteiger charge is 2.29. The quantitative estimate of drug-likeness (QED) is 0.625. The van der Waals surface area contributed by atoms with Crippen molar-refractivity contribution in [2.75, 3.05) is 13.1 Å². The van der Waals surface area contributed by atoms with E-state index in [1.807, 2.05) is 0 Å². The number of unbranched alkanes of at least 4 members (excludes halogenated alkanes) is 7. The lowest BCUT2D eigenvalue weighted by Crippen LogP contribution is -2.42. The van der Waals surface area contributed by atoms with Crippen molar-refractivity contribution in [1.29, 1.82) is 0 Å². The van der Waals surface area contributed by atoms with E-state index in [0.29, 0.717) is 19.4 Å². The highest BCUT2D eigenvalue weighted by molar-refractivity contribution is 5.80. The third kappa shape index (κ3) is 6.40. The summed E-state index contributed by atoms with van der Waals surface area (Å²) in [6, 6.07) is 0. The molecule has 0 bridgehead atoms. The largest absolute Gasteiger partial charge is 0.481 e. The number of amides is 1. The van der Waals surface area contributed by atoms with E-state index in [0.717, 1.165) is 19.4 Å². The van der Waals surface area contributed by atoms with Gasteiger partial charge in [0, 0.05) is 19.5 Å². The van der Waals surface area contributed by atoms with Crippen molar-refractivity contribution in [3.63, 3.8) is 0 Å². The molecule has 1 aliphatic rings. The van der Waals surface area contributed by atoms with Gasteiger partial charge in [-0.1, -0.05) is 51.9 Å². The SMILES string of the molecule is CCCCCCCCCCN1CC(C(=O)O)CCC1=O. The fraction of sp³-hybridized carbons (Fsp3) is 0.875. The monoisotopic (exact) mass is 283 g/mol. The molecule has 1 N–H and O–H groups in total. The van der Waals surface area contributed by atoms with Gasteiger partial charge in [-0.3, -0.25) is 9.59 Å². The van der Waals surface area contributed by atoms with Crippen LogP contribution in [0.5, 0.6) is 0 Å². The summed E-state index contributed by atoms with van der Waals surface area (Å²) in [4.78, 5) is 24.5. The van der Waals surface area contributed by atoms with Crippen LogP contribution in [0.4, 0.5) is 0 Å². The second-order valence-electron chi connectivity index (χ2n) is 5.89. The van der Waals surface area contributed by atoms with E-state index in [2.05, 4.69) is 6.92 Å². The maximum Gasteiger partial charge on any atom is 0.308 e. The Morgan fingerprint density at radius 1 is 1.15 bits per heavy atom. The van der Waals surface area contributed by atoms with Crippen molar-refractivity contribution >= 4 is 11.9 Å². The van der Waals surface area contributed by atoms with E-state index in [1.165, 1.54) is 38.5 Å². The summed E-state index contributed by atoms with van der Waals surface area (Å²) in [6.45, 7) is 3.36. The molecular weight excluding hydrogens is 254 g/mol. The third-order valence-electron chi connectivity index (χ3n) is 4.13. The number of hydrogen-bond acceptors (Lipinski definition) is 2. The first-order valence-electron chi connectivity index (χ1n) is 8.15. The fourth-order valence-electron chi connectivity index (χ4n) is 2.77. The van der Waals surface area contributed by atoms with Gasteiger partial charge < -0.3 is 10.0 Å². The Kier molecular flexibility index (Phi) is 8.31. The van der Waals surface area contributed by atoms with Gasteiger partial charge in [-0.25, -0.2) is 0 Å². The van der Waals surface area contributed by atoms with Crippen LogP contribution in [-0.4, -0.2) is 35.0 Å². The zero-order valence-electron chi connectivity index (χ0n) is 12.8. The lowest BCUT2D eigenvalue weighted by molar-refractivity contribution is -0.147. The second kappa shape index (κ2) is 9.78. The number of aliphatic carboxylic acids is 1. The number of nitrogens with zero attached hydrogens (tertiary/aromatic N) is 1. The number of carbonyl (C=O) groups is 2. The number of likely N-dealkylation sites (tertiary alicyclic amines) is 1. The molecule has 4 nitrogen and oxygen atoms in total. The summed E-state index contributed by atoms with van der Waals surface area (Å²) in [5.41, 5.74) is 0. The number of carboxylic acids is 1. The zero-order valence-corrected chi connectivity index (χ0v) is 12.8. The lowest BCUT2D eigenvalue weighted by atomic mass is 9.97. The zero-order chi connectivity index (χ0) is 14.8. The normalized spacial score (nSPS) is 19.4. The predicted molar refractivity (Wildman–Crippen MR) is 79.5 cm³/mol. The van der Waals surface area contributed by atoms with Gasteiger partial charge in [0.15, 0.2) is 0 Å². The molecule has 1 aliphatic heterocycles. The number of carbonyl (C=O) groups excluding carboxylic acids is 1. The first-order chi connectivity index (χ1) is 9.65. The number of piperidine rings is 1. The van der Waals surface area contributed by atoms with E-state index in [-0.39, 0.29) is 11.8 Å². The molecule has 20 heavy (non-hydrogen) atoms. The van der Waals surface area contributed by atoms with Gasteiger partial charge in [-0.2, -0.15) is 0 Å². The molecule has 0 saturated carbocycles. The predicted octanol–water partition coefficient (Wildman–Crippen LogP) is 3.45. The summed E-state index contributed by atoms with van der Waals surface area (Å²) >= 11 is 0. The highest BCUT2D eigenvalue weighted by Crippen LogP contribution is 2.18. The van der Waals surface area contributed by atoms with Crippen molar-refractivity contribution in [2.45, 2.75) is 71.1 Å². The summed E-state index contributed by atoms with van der Waals surface area (Å²) in [7, 11) is 0. The van der Waals surface area contributed by atoms with Gasteiger partial charge in [0.1, 0.15) is 0 Å². The maximum atomic E-state index is 11.7. The van der Waals surface area contributed by atoms with Crippen molar-refractivity contribution in [3.8, 4) is 0 Å². The first kappa shape index (κ1) is 17.0. The maximum absolute atomic E-state index is 11.7. The summed E-state index contributed by atoms with van der Waals surface area (Å²) < 4.78 is 0. The van der Waals surface area contributed by atoms with E-state index < -0.39 is 5.97 Å². The molecule has 1 unspecified atom stereocenters. The van der Waals surface area contributed by atoms with E-state index in [4.69, 9.17) is 5.11 Å².